The number of nitrogens with two attached hydrogens (primary N) is 1. The van der Waals surface area contributed by atoms with Crippen LogP contribution in [0, 0.1) is 17.8 Å². The van der Waals surface area contributed by atoms with Crippen LogP contribution in [0.25, 0.3) is 0 Å². The lowest BCUT2D eigenvalue weighted by Gasteiger charge is -2.38. The number of hydrogen-bond acceptors (Lipinski definition) is 2. The van der Waals surface area contributed by atoms with Crippen LogP contribution in [0.5, 0.6) is 0 Å². The predicted octanol–water partition coefficient (Wildman–Crippen LogP) is 2.28. The highest BCUT2D eigenvalue weighted by Crippen LogP contribution is 2.47. The molecule has 2 bridgehead atoms. The van der Waals surface area contributed by atoms with Crippen molar-refractivity contribution in [1.29, 1.82) is 0 Å². The number of amides is 1. The topological polar surface area (TPSA) is 55.1 Å². The number of fused-ring (bicyclic) bond motifs is 3. The van der Waals surface area contributed by atoms with Gasteiger partial charge in [-0.1, -0.05) is 38.1 Å². The molecule has 3 heteroatoms. The maximum absolute atomic E-state index is 12.4. The Labute approximate surface area is 127 Å². The van der Waals surface area contributed by atoms with Gasteiger partial charge in [0.15, 0.2) is 0 Å². The maximum Gasteiger partial charge on any atom is 0.238 e. The van der Waals surface area contributed by atoms with E-state index in [0.717, 1.165) is 32.2 Å². The monoisotopic (exact) mass is 286 g/mol. The van der Waals surface area contributed by atoms with Gasteiger partial charge in [-0.25, -0.2) is 0 Å². The first-order chi connectivity index (χ1) is 10.0. The van der Waals surface area contributed by atoms with Crippen LogP contribution in [0.1, 0.15) is 37.8 Å². The van der Waals surface area contributed by atoms with Crippen LogP contribution in [-0.4, -0.2) is 18.0 Å². The van der Waals surface area contributed by atoms with Gasteiger partial charge < -0.3 is 11.1 Å². The molecular formula is C18H26N2O. The lowest BCUT2D eigenvalue weighted by molar-refractivity contribution is -0.127. The van der Waals surface area contributed by atoms with E-state index in [1.165, 1.54) is 11.1 Å². The first-order valence-corrected chi connectivity index (χ1v) is 8.15. The Morgan fingerprint density at radius 1 is 1.24 bits per heavy atom. The summed E-state index contributed by atoms with van der Waals surface area (Å²) >= 11 is 0. The Bertz CT molecular complexity index is 505. The van der Waals surface area contributed by atoms with Gasteiger partial charge in [0.2, 0.25) is 5.91 Å². The summed E-state index contributed by atoms with van der Waals surface area (Å²) in [5.41, 5.74) is 8.21. The normalized spacial score (nSPS) is 31.0. The van der Waals surface area contributed by atoms with Crippen molar-refractivity contribution >= 4 is 5.91 Å². The minimum atomic E-state index is -0.511. The van der Waals surface area contributed by atoms with Gasteiger partial charge in [-0.15, -0.1) is 0 Å². The summed E-state index contributed by atoms with van der Waals surface area (Å²) in [6.07, 6.45) is 4.15. The zero-order valence-corrected chi connectivity index (χ0v) is 13.1. The van der Waals surface area contributed by atoms with Crippen LogP contribution < -0.4 is 11.1 Å². The molecule has 21 heavy (non-hydrogen) atoms. The van der Waals surface area contributed by atoms with Crippen molar-refractivity contribution in [3.05, 3.63) is 35.4 Å². The molecular weight excluding hydrogens is 260 g/mol. The lowest BCUT2D eigenvalue weighted by atomic mass is 9.78. The van der Waals surface area contributed by atoms with E-state index in [2.05, 4.69) is 43.4 Å². The molecule has 1 amide bonds. The predicted molar refractivity (Wildman–Crippen MR) is 84.8 cm³/mol. The Hall–Kier alpha value is -1.35. The fourth-order valence-electron chi connectivity index (χ4n) is 4.35. The van der Waals surface area contributed by atoms with E-state index in [0.29, 0.717) is 17.8 Å². The molecule has 0 saturated heterocycles. The average Bonchev–Trinajstić information content (AvgIpc) is 2.68. The summed E-state index contributed by atoms with van der Waals surface area (Å²) < 4.78 is 0. The Kier molecular flexibility index (Phi) is 3.78. The van der Waals surface area contributed by atoms with Gasteiger partial charge in [-0.3, -0.25) is 4.79 Å². The number of carbonyl (C=O) groups is 1. The van der Waals surface area contributed by atoms with Gasteiger partial charge in [0.05, 0.1) is 0 Å². The highest BCUT2D eigenvalue weighted by atomic mass is 16.1. The molecule has 0 radical (unpaired) electrons. The molecule has 1 aromatic carbocycles. The Morgan fingerprint density at radius 2 is 1.76 bits per heavy atom. The molecule has 0 aliphatic heterocycles. The van der Waals surface area contributed by atoms with Gasteiger partial charge in [0, 0.05) is 0 Å². The van der Waals surface area contributed by atoms with Crippen LogP contribution >= 0.6 is 0 Å². The highest BCUT2D eigenvalue weighted by Gasteiger charge is 2.55. The number of primary amides is 1. The van der Waals surface area contributed by atoms with Crippen molar-refractivity contribution in [3.8, 4) is 0 Å². The van der Waals surface area contributed by atoms with Gasteiger partial charge >= 0.3 is 0 Å². The van der Waals surface area contributed by atoms with Crippen LogP contribution in [0.4, 0.5) is 0 Å². The zero-order chi connectivity index (χ0) is 15.0. The second-order valence-corrected chi connectivity index (χ2v) is 7.16. The van der Waals surface area contributed by atoms with Gasteiger partial charge in [0.25, 0.3) is 0 Å². The van der Waals surface area contributed by atoms with E-state index in [1.807, 2.05) is 0 Å². The minimum absolute atomic E-state index is 0.150. The molecule has 1 saturated carbocycles. The third-order valence-corrected chi connectivity index (χ3v) is 5.41. The second kappa shape index (κ2) is 5.45. The molecule has 1 aromatic rings. The van der Waals surface area contributed by atoms with E-state index in [1.54, 1.807) is 0 Å². The summed E-state index contributed by atoms with van der Waals surface area (Å²) in [6.45, 7) is 5.20. The molecule has 2 atom stereocenters. The molecule has 0 heterocycles. The molecule has 114 valence electrons. The number of benzene rings is 1. The van der Waals surface area contributed by atoms with E-state index < -0.39 is 5.54 Å². The average molecular weight is 286 g/mol. The third-order valence-electron chi connectivity index (χ3n) is 5.41. The molecule has 3 rings (SSSR count). The summed E-state index contributed by atoms with van der Waals surface area (Å²) in [4.78, 5) is 12.4. The first-order valence-electron chi connectivity index (χ1n) is 8.15. The lowest BCUT2D eigenvalue weighted by Crippen LogP contribution is -2.62. The van der Waals surface area contributed by atoms with Crippen molar-refractivity contribution in [1.82, 2.24) is 5.32 Å². The van der Waals surface area contributed by atoms with Crippen molar-refractivity contribution in [3.63, 3.8) is 0 Å². The number of carbonyl (C=O) groups excluding carboxylic acids is 1. The van der Waals surface area contributed by atoms with Crippen molar-refractivity contribution < 1.29 is 4.79 Å². The number of rotatable bonds is 4. The molecule has 2 aliphatic rings. The van der Waals surface area contributed by atoms with Crippen LogP contribution in [-0.2, 0) is 17.6 Å². The molecule has 3 N–H and O–H groups in total. The highest BCUT2D eigenvalue weighted by molar-refractivity contribution is 5.86. The number of hydrogen-bond donors (Lipinski definition) is 2. The molecule has 2 aliphatic carbocycles. The third kappa shape index (κ3) is 2.38. The molecule has 1 fully saturated rings. The van der Waals surface area contributed by atoms with Crippen molar-refractivity contribution in [2.24, 2.45) is 23.5 Å². The Morgan fingerprint density at radius 3 is 2.19 bits per heavy atom. The second-order valence-electron chi connectivity index (χ2n) is 7.16. The Balaban J connectivity index is 1.97. The van der Waals surface area contributed by atoms with E-state index in [9.17, 15) is 4.79 Å². The quantitative estimate of drug-likeness (QED) is 0.892. The SMILES string of the molecule is CC(C)CNC1(C(N)=O)C2CCC1Cc1ccccc1C2. The van der Waals surface area contributed by atoms with E-state index in [4.69, 9.17) is 5.73 Å². The number of nitrogens with one attached hydrogen (secondary N) is 1. The van der Waals surface area contributed by atoms with Gasteiger partial charge in [0.1, 0.15) is 5.54 Å². The van der Waals surface area contributed by atoms with Crippen LogP contribution in [0.2, 0.25) is 0 Å². The summed E-state index contributed by atoms with van der Waals surface area (Å²) in [7, 11) is 0. The maximum atomic E-state index is 12.4. The van der Waals surface area contributed by atoms with Crippen molar-refractivity contribution in [2.45, 2.75) is 45.1 Å². The molecule has 2 unspecified atom stereocenters. The van der Waals surface area contributed by atoms with E-state index in [-0.39, 0.29) is 5.91 Å². The first kappa shape index (κ1) is 14.6. The van der Waals surface area contributed by atoms with Gasteiger partial charge in [-0.05, 0) is 61.1 Å². The summed E-state index contributed by atoms with van der Waals surface area (Å²) in [5, 5.41) is 3.60. The molecule has 0 aromatic heterocycles. The smallest absolute Gasteiger partial charge is 0.238 e. The molecule has 0 spiro atoms. The molecule has 3 nitrogen and oxygen atoms in total. The minimum Gasteiger partial charge on any atom is -0.368 e. The summed E-state index contributed by atoms with van der Waals surface area (Å²) in [5.74, 6) is 1.04. The van der Waals surface area contributed by atoms with E-state index >= 15 is 0 Å². The van der Waals surface area contributed by atoms with Crippen molar-refractivity contribution in [2.75, 3.05) is 6.54 Å². The fraction of sp³-hybridized carbons (Fsp3) is 0.611. The largest absolute Gasteiger partial charge is 0.368 e. The zero-order valence-electron chi connectivity index (χ0n) is 13.1. The van der Waals surface area contributed by atoms with Gasteiger partial charge in [-0.2, -0.15) is 0 Å². The standard InChI is InChI=1S/C18H26N2O/c1-12(2)11-20-18(17(19)21)15-7-8-16(18)10-14-6-4-3-5-13(14)9-15/h3-6,12,15-16,20H,7-11H2,1-2H3,(H2,19,21). The van der Waals surface area contributed by atoms with Crippen LogP contribution in [0.15, 0.2) is 24.3 Å². The van der Waals surface area contributed by atoms with Crippen LogP contribution in [0.3, 0.4) is 0 Å². The fourth-order valence-corrected chi connectivity index (χ4v) is 4.35. The summed E-state index contributed by atoms with van der Waals surface area (Å²) in [6, 6.07) is 8.63.